The number of nitrogens with one attached hydrogen (secondary N) is 2. The van der Waals surface area contributed by atoms with Crippen LogP contribution < -0.4 is 15.4 Å². The van der Waals surface area contributed by atoms with Crippen molar-refractivity contribution in [3.8, 4) is 5.75 Å². The molecule has 2 N–H and O–H groups in total. The molecule has 0 saturated carbocycles. The zero-order chi connectivity index (χ0) is 13.5. The molecule has 1 saturated heterocycles. The molecule has 0 amide bonds. The molecule has 19 heavy (non-hydrogen) atoms. The quantitative estimate of drug-likeness (QED) is 0.788. The summed E-state index contributed by atoms with van der Waals surface area (Å²) in [5.41, 5.74) is 1.26. The van der Waals surface area contributed by atoms with Crippen LogP contribution in [-0.4, -0.2) is 33.3 Å². The van der Waals surface area contributed by atoms with E-state index in [2.05, 4.69) is 32.6 Å². The zero-order valence-electron chi connectivity index (χ0n) is 11.5. The van der Waals surface area contributed by atoms with Crippen molar-refractivity contribution in [2.45, 2.75) is 19.3 Å². The van der Waals surface area contributed by atoms with Crippen molar-refractivity contribution in [3.05, 3.63) is 28.2 Å². The Kier molecular flexibility index (Phi) is 6.14. The van der Waals surface area contributed by atoms with Gasteiger partial charge < -0.3 is 15.4 Å². The molecule has 4 heteroatoms. The normalized spacial score (nSPS) is 16.5. The number of piperidine rings is 1. The fourth-order valence-electron chi connectivity index (χ4n) is 2.56. The van der Waals surface area contributed by atoms with Gasteiger partial charge in [0, 0.05) is 4.47 Å². The van der Waals surface area contributed by atoms with Gasteiger partial charge in [-0.1, -0.05) is 15.9 Å². The summed E-state index contributed by atoms with van der Waals surface area (Å²) in [7, 11) is 1.73. The van der Waals surface area contributed by atoms with Gasteiger partial charge in [0.2, 0.25) is 0 Å². The molecular formula is C15H23BrN2O. The van der Waals surface area contributed by atoms with E-state index < -0.39 is 0 Å². The van der Waals surface area contributed by atoms with Crippen molar-refractivity contribution in [1.29, 1.82) is 0 Å². The van der Waals surface area contributed by atoms with Gasteiger partial charge in [0.25, 0.3) is 0 Å². The summed E-state index contributed by atoms with van der Waals surface area (Å²) in [6.07, 6.45) is 3.61. The molecule has 1 aliphatic heterocycles. The van der Waals surface area contributed by atoms with E-state index in [0.717, 1.165) is 35.7 Å². The van der Waals surface area contributed by atoms with Crippen LogP contribution >= 0.6 is 15.9 Å². The predicted molar refractivity (Wildman–Crippen MR) is 82.9 cm³/mol. The van der Waals surface area contributed by atoms with Crippen LogP contribution in [-0.2, 0) is 6.42 Å². The highest BCUT2D eigenvalue weighted by Gasteiger charge is 2.12. The average molecular weight is 327 g/mol. The second-order valence-electron chi connectivity index (χ2n) is 5.10. The number of hydrogen-bond donors (Lipinski definition) is 2. The second-order valence-corrected chi connectivity index (χ2v) is 6.02. The number of hydrogen-bond acceptors (Lipinski definition) is 3. The summed E-state index contributed by atoms with van der Waals surface area (Å²) < 4.78 is 6.50. The lowest BCUT2D eigenvalue weighted by molar-refractivity contribution is 0.357. The van der Waals surface area contributed by atoms with Gasteiger partial charge in [0.05, 0.1) is 7.11 Å². The summed E-state index contributed by atoms with van der Waals surface area (Å²) >= 11 is 3.51. The third-order valence-corrected chi connectivity index (χ3v) is 4.20. The number of halogens is 1. The van der Waals surface area contributed by atoms with E-state index in [1.54, 1.807) is 7.11 Å². The zero-order valence-corrected chi connectivity index (χ0v) is 13.1. The Hall–Kier alpha value is -0.580. The smallest absolute Gasteiger partial charge is 0.122 e. The maximum atomic E-state index is 5.39. The van der Waals surface area contributed by atoms with Crippen molar-refractivity contribution < 1.29 is 4.74 Å². The molecule has 1 fully saturated rings. The molecule has 0 aliphatic carbocycles. The van der Waals surface area contributed by atoms with Crippen molar-refractivity contribution in [2.75, 3.05) is 33.3 Å². The van der Waals surface area contributed by atoms with E-state index in [0.29, 0.717) is 0 Å². The summed E-state index contributed by atoms with van der Waals surface area (Å²) in [6.45, 7) is 4.49. The molecule has 1 aromatic rings. The minimum atomic E-state index is 0.839. The fourth-order valence-corrected chi connectivity index (χ4v) is 2.97. The molecule has 1 aliphatic rings. The summed E-state index contributed by atoms with van der Waals surface area (Å²) in [6, 6.07) is 6.18. The van der Waals surface area contributed by atoms with Crippen LogP contribution in [0.3, 0.4) is 0 Å². The van der Waals surface area contributed by atoms with Gasteiger partial charge in [-0.2, -0.15) is 0 Å². The largest absolute Gasteiger partial charge is 0.496 e. The molecule has 1 aromatic carbocycles. The van der Waals surface area contributed by atoms with Crippen molar-refractivity contribution >= 4 is 15.9 Å². The number of rotatable bonds is 6. The predicted octanol–water partition coefficient (Wildman–Crippen LogP) is 2.59. The topological polar surface area (TPSA) is 33.3 Å². The maximum absolute atomic E-state index is 5.39. The summed E-state index contributed by atoms with van der Waals surface area (Å²) in [4.78, 5) is 0. The van der Waals surface area contributed by atoms with Gasteiger partial charge in [-0.25, -0.2) is 0 Å². The van der Waals surface area contributed by atoms with Crippen LogP contribution in [0.15, 0.2) is 22.7 Å². The van der Waals surface area contributed by atoms with Gasteiger partial charge in [-0.15, -0.1) is 0 Å². The SMILES string of the molecule is COc1ccc(Br)cc1CCNCC1CCNCC1. The van der Waals surface area contributed by atoms with Gasteiger partial charge in [-0.05, 0) is 75.1 Å². The van der Waals surface area contributed by atoms with Gasteiger partial charge in [0.1, 0.15) is 5.75 Å². The van der Waals surface area contributed by atoms with Crippen molar-refractivity contribution in [3.63, 3.8) is 0 Å². The number of methoxy groups -OCH3 is 1. The van der Waals surface area contributed by atoms with Crippen molar-refractivity contribution in [1.82, 2.24) is 10.6 Å². The first-order valence-electron chi connectivity index (χ1n) is 7.03. The van der Waals surface area contributed by atoms with Crippen molar-refractivity contribution in [2.24, 2.45) is 5.92 Å². The molecule has 1 heterocycles. The summed E-state index contributed by atoms with van der Waals surface area (Å²) in [5, 5.41) is 6.98. The highest BCUT2D eigenvalue weighted by Crippen LogP contribution is 2.23. The Morgan fingerprint density at radius 3 is 2.89 bits per heavy atom. The fraction of sp³-hybridized carbons (Fsp3) is 0.600. The van der Waals surface area contributed by atoms with Crippen LogP contribution in [0.4, 0.5) is 0 Å². The third-order valence-electron chi connectivity index (χ3n) is 3.71. The highest BCUT2D eigenvalue weighted by atomic mass is 79.9. The van der Waals surface area contributed by atoms with Gasteiger partial charge in [0.15, 0.2) is 0 Å². The Morgan fingerprint density at radius 1 is 1.37 bits per heavy atom. The van der Waals surface area contributed by atoms with E-state index in [4.69, 9.17) is 4.74 Å². The van der Waals surface area contributed by atoms with Crippen LogP contribution in [0.25, 0.3) is 0 Å². The van der Waals surface area contributed by atoms with Gasteiger partial charge in [-0.3, -0.25) is 0 Å². The van der Waals surface area contributed by atoms with Gasteiger partial charge >= 0.3 is 0 Å². The van der Waals surface area contributed by atoms with Crippen LogP contribution in [0, 0.1) is 5.92 Å². The second kappa shape index (κ2) is 7.88. The molecule has 0 aromatic heterocycles. The molecule has 0 unspecified atom stereocenters. The Morgan fingerprint density at radius 2 is 2.16 bits per heavy atom. The molecule has 2 rings (SSSR count). The minimum absolute atomic E-state index is 0.839. The maximum Gasteiger partial charge on any atom is 0.122 e. The Labute approximate surface area is 124 Å². The molecule has 3 nitrogen and oxygen atoms in total. The number of benzene rings is 1. The number of ether oxygens (including phenoxy) is 1. The third kappa shape index (κ3) is 4.79. The molecule has 0 bridgehead atoms. The highest BCUT2D eigenvalue weighted by molar-refractivity contribution is 9.10. The molecule has 106 valence electrons. The first-order valence-corrected chi connectivity index (χ1v) is 7.82. The monoisotopic (exact) mass is 326 g/mol. The molecule has 0 radical (unpaired) electrons. The first-order chi connectivity index (χ1) is 9.29. The lowest BCUT2D eigenvalue weighted by Crippen LogP contribution is -2.34. The van der Waals surface area contributed by atoms with E-state index >= 15 is 0 Å². The van der Waals surface area contributed by atoms with E-state index in [1.165, 1.54) is 31.5 Å². The standard InChI is InChI=1S/C15H23BrN2O/c1-19-15-3-2-14(16)10-13(15)6-9-18-11-12-4-7-17-8-5-12/h2-3,10,12,17-18H,4-9,11H2,1H3. The van der Waals surface area contributed by atoms with Crippen LogP contribution in [0.1, 0.15) is 18.4 Å². The average Bonchev–Trinajstić information content (AvgIpc) is 2.45. The molecular weight excluding hydrogens is 304 g/mol. The lowest BCUT2D eigenvalue weighted by atomic mass is 9.98. The Bertz CT molecular complexity index is 392. The minimum Gasteiger partial charge on any atom is -0.496 e. The van der Waals surface area contributed by atoms with E-state index in [9.17, 15) is 0 Å². The lowest BCUT2D eigenvalue weighted by Gasteiger charge is -2.22. The van der Waals surface area contributed by atoms with Crippen LogP contribution in [0.5, 0.6) is 5.75 Å². The van der Waals surface area contributed by atoms with E-state index in [-0.39, 0.29) is 0 Å². The Balaban J connectivity index is 1.74. The molecule has 0 spiro atoms. The molecule has 0 atom stereocenters. The van der Waals surface area contributed by atoms with E-state index in [1.807, 2.05) is 12.1 Å². The first kappa shape index (κ1) is 14.8. The summed E-state index contributed by atoms with van der Waals surface area (Å²) in [5.74, 6) is 1.82. The van der Waals surface area contributed by atoms with Crippen LogP contribution in [0.2, 0.25) is 0 Å².